The molecule has 1 N–H and O–H groups in total. The summed E-state index contributed by atoms with van der Waals surface area (Å²) >= 11 is 1.50. The van der Waals surface area contributed by atoms with Crippen molar-refractivity contribution in [2.24, 2.45) is 0 Å². The average molecular weight is 337 g/mol. The number of carbonyl (C=O) groups excluding carboxylic acids is 1. The molecular formula is C19H15NO3S. The zero-order chi connectivity index (χ0) is 16.8. The number of carbonyl (C=O) groups is 1. The third kappa shape index (κ3) is 4.14. The van der Waals surface area contributed by atoms with Crippen molar-refractivity contribution in [2.45, 2.75) is 16.4 Å². The van der Waals surface area contributed by atoms with Gasteiger partial charge in [0.25, 0.3) is 0 Å². The third-order valence-electron chi connectivity index (χ3n) is 3.30. The second-order valence-electron chi connectivity index (χ2n) is 5.06. The van der Waals surface area contributed by atoms with Crippen molar-refractivity contribution in [1.82, 2.24) is 4.98 Å². The quantitative estimate of drug-likeness (QED) is 0.678. The number of hydrogen-bond acceptors (Lipinski definition) is 5. The van der Waals surface area contributed by atoms with Crippen LogP contribution in [-0.2, 0) is 6.61 Å². The van der Waals surface area contributed by atoms with Gasteiger partial charge in [0.05, 0.1) is 0 Å². The van der Waals surface area contributed by atoms with E-state index in [-0.39, 0.29) is 5.75 Å². The lowest BCUT2D eigenvalue weighted by atomic mass is 10.2. The van der Waals surface area contributed by atoms with E-state index in [2.05, 4.69) is 4.98 Å². The number of aromatic hydroxyl groups is 1. The Bertz CT molecular complexity index is 834. The standard InChI is InChI=1S/C19H15NO3S/c21-12-15-11-20-9-8-19(15)24-18-6-4-17(5-7-18)23-13-14-2-1-3-16(22)10-14/h1-12,22H,13H2. The predicted octanol–water partition coefficient (Wildman–Crippen LogP) is 4.33. The van der Waals surface area contributed by atoms with Crippen molar-refractivity contribution in [3.8, 4) is 11.5 Å². The minimum atomic E-state index is 0.228. The average Bonchev–Trinajstić information content (AvgIpc) is 2.62. The van der Waals surface area contributed by atoms with Crippen molar-refractivity contribution in [3.63, 3.8) is 0 Å². The third-order valence-corrected chi connectivity index (χ3v) is 4.40. The van der Waals surface area contributed by atoms with Crippen LogP contribution < -0.4 is 4.74 Å². The van der Waals surface area contributed by atoms with Crippen molar-refractivity contribution in [3.05, 3.63) is 78.1 Å². The molecule has 5 heteroatoms. The van der Waals surface area contributed by atoms with E-state index < -0.39 is 0 Å². The molecule has 0 fully saturated rings. The van der Waals surface area contributed by atoms with Gasteiger partial charge in [-0.3, -0.25) is 9.78 Å². The summed E-state index contributed by atoms with van der Waals surface area (Å²) in [6.07, 6.45) is 4.03. The van der Waals surface area contributed by atoms with Crippen LogP contribution in [0.3, 0.4) is 0 Å². The summed E-state index contributed by atoms with van der Waals surface area (Å²) in [6, 6.07) is 16.5. The van der Waals surface area contributed by atoms with Crippen LogP contribution in [0.15, 0.2) is 76.8 Å². The zero-order valence-corrected chi connectivity index (χ0v) is 13.6. The first kappa shape index (κ1) is 16.1. The summed E-state index contributed by atoms with van der Waals surface area (Å²) in [7, 11) is 0. The molecule has 0 saturated carbocycles. The molecule has 120 valence electrons. The number of rotatable bonds is 6. The van der Waals surface area contributed by atoms with Crippen LogP contribution in [0.5, 0.6) is 11.5 Å². The maximum Gasteiger partial charge on any atom is 0.152 e. The van der Waals surface area contributed by atoms with Crippen molar-refractivity contribution >= 4 is 18.0 Å². The van der Waals surface area contributed by atoms with E-state index in [1.165, 1.54) is 11.8 Å². The van der Waals surface area contributed by atoms with Crippen LogP contribution in [0.25, 0.3) is 0 Å². The van der Waals surface area contributed by atoms with Gasteiger partial charge in [0.1, 0.15) is 18.1 Å². The van der Waals surface area contributed by atoms with Crippen LogP contribution in [-0.4, -0.2) is 16.4 Å². The Kier molecular flexibility index (Phi) is 5.13. The lowest BCUT2D eigenvalue weighted by Crippen LogP contribution is -1.94. The summed E-state index contributed by atoms with van der Waals surface area (Å²) in [5.74, 6) is 0.971. The summed E-state index contributed by atoms with van der Waals surface area (Å²) in [5, 5.41) is 9.44. The van der Waals surface area contributed by atoms with Gasteiger partial charge in [-0.2, -0.15) is 0 Å². The molecule has 0 aliphatic carbocycles. The largest absolute Gasteiger partial charge is 0.508 e. The molecule has 0 atom stereocenters. The fourth-order valence-electron chi connectivity index (χ4n) is 2.12. The highest BCUT2D eigenvalue weighted by Gasteiger charge is 2.04. The van der Waals surface area contributed by atoms with Gasteiger partial charge >= 0.3 is 0 Å². The van der Waals surface area contributed by atoms with E-state index in [4.69, 9.17) is 4.74 Å². The topological polar surface area (TPSA) is 59.4 Å². The second kappa shape index (κ2) is 7.66. The van der Waals surface area contributed by atoms with Gasteiger partial charge in [0.2, 0.25) is 0 Å². The Morgan fingerprint density at radius 1 is 1.12 bits per heavy atom. The number of ether oxygens (including phenoxy) is 1. The number of pyridine rings is 1. The van der Waals surface area contributed by atoms with E-state index >= 15 is 0 Å². The van der Waals surface area contributed by atoms with Crippen LogP contribution in [0.4, 0.5) is 0 Å². The molecule has 4 nitrogen and oxygen atoms in total. The molecule has 24 heavy (non-hydrogen) atoms. The first-order valence-electron chi connectivity index (χ1n) is 7.32. The number of aldehydes is 1. The summed E-state index contributed by atoms with van der Waals surface area (Å²) in [6.45, 7) is 0.389. The fourth-order valence-corrected chi connectivity index (χ4v) is 2.99. The monoisotopic (exact) mass is 337 g/mol. The maximum atomic E-state index is 11.0. The van der Waals surface area contributed by atoms with E-state index in [9.17, 15) is 9.90 Å². The minimum absolute atomic E-state index is 0.228. The molecule has 0 amide bonds. The molecule has 0 radical (unpaired) electrons. The molecule has 0 bridgehead atoms. The highest BCUT2D eigenvalue weighted by atomic mass is 32.2. The Labute approximate surface area is 144 Å². The lowest BCUT2D eigenvalue weighted by molar-refractivity contribution is 0.112. The highest BCUT2D eigenvalue weighted by Crippen LogP contribution is 2.30. The molecular weight excluding hydrogens is 322 g/mol. The Morgan fingerprint density at radius 3 is 2.71 bits per heavy atom. The Hall–Kier alpha value is -2.79. The lowest BCUT2D eigenvalue weighted by Gasteiger charge is -2.08. The SMILES string of the molecule is O=Cc1cnccc1Sc1ccc(OCc2cccc(O)c2)cc1. The summed E-state index contributed by atoms with van der Waals surface area (Å²) in [4.78, 5) is 16.9. The molecule has 0 saturated heterocycles. The summed E-state index contributed by atoms with van der Waals surface area (Å²) in [5.41, 5.74) is 1.48. The molecule has 1 heterocycles. The predicted molar refractivity (Wildman–Crippen MR) is 92.6 cm³/mol. The van der Waals surface area contributed by atoms with Gasteiger partial charge in [0, 0.05) is 27.7 Å². The summed E-state index contributed by atoms with van der Waals surface area (Å²) < 4.78 is 5.71. The number of phenolic OH excluding ortho intramolecular Hbond substituents is 1. The van der Waals surface area contributed by atoms with Crippen LogP contribution in [0.1, 0.15) is 15.9 Å². The zero-order valence-electron chi connectivity index (χ0n) is 12.8. The van der Waals surface area contributed by atoms with E-state index in [0.29, 0.717) is 12.2 Å². The Balaban J connectivity index is 1.64. The van der Waals surface area contributed by atoms with Gasteiger partial charge in [0.15, 0.2) is 6.29 Å². The first-order valence-corrected chi connectivity index (χ1v) is 8.14. The minimum Gasteiger partial charge on any atom is -0.508 e. The van der Waals surface area contributed by atoms with Crippen LogP contribution in [0.2, 0.25) is 0 Å². The number of phenols is 1. The van der Waals surface area contributed by atoms with Crippen LogP contribution >= 0.6 is 11.8 Å². The molecule has 0 aliphatic rings. The highest BCUT2D eigenvalue weighted by molar-refractivity contribution is 7.99. The normalized spacial score (nSPS) is 10.3. The number of aromatic nitrogens is 1. The molecule has 1 aromatic heterocycles. The van der Waals surface area contributed by atoms with Crippen molar-refractivity contribution < 1.29 is 14.6 Å². The van der Waals surface area contributed by atoms with Crippen molar-refractivity contribution in [2.75, 3.05) is 0 Å². The number of benzene rings is 2. The fraction of sp³-hybridized carbons (Fsp3) is 0.0526. The van der Waals surface area contributed by atoms with Crippen LogP contribution in [0, 0.1) is 0 Å². The van der Waals surface area contributed by atoms with Crippen molar-refractivity contribution in [1.29, 1.82) is 0 Å². The molecule has 3 rings (SSSR count). The Morgan fingerprint density at radius 2 is 1.96 bits per heavy atom. The van der Waals surface area contributed by atoms with Gasteiger partial charge in [-0.05, 0) is 48.0 Å². The molecule has 3 aromatic rings. The van der Waals surface area contributed by atoms with Gasteiger partial charge in [-0.15, -0.1) is 0 Å². The van der Waals surface area contributed by atoms with E-state index in [0.717, 1.165) is 27.4 Å². The van der Waals surface area contributed by atoms with E-state index in [1.54, 1.807) is 30.6 Å². The maximum absolute atomic E-state index is 11.0. The van der Waals surface area contributed by atoms with Gasteiger partial charge in [-0.1, -0.05) is 23.9 Å². The van der Waals surface area contributed by atoms with Gasteiger partial charge in [-0.25, -0.2) is 0 Å². The second-order valence-corrected chi connectivity index (χ2v) is 6.18. The molecule has 0 aliphatic heterocycles. The van der Waals surface area contributed by atoms with E-state index in [1.807, 2.05) is 36.4 Å². The molecule has 2 aromatic carbocycles. The van der Waals surface area contributed by atoms with Gasteiger partial charge < -0.3 is 9.84 Å². The number of nitrogens with zero attached hydrogens (tertiary/aromatic N) is 1. The molecule has 0 unspecified atom stereocenters. The smallest absolute Gasteiger partial charge is 0.152 e. The molecule has 0 spiro atoms. The first-order chi connectivity index (χ1) is 11.7. The number of hydrogen-bond donors (Lipinski definition) is 1.